The number of halogens is 3. The van der Waals surface area contributed by atoms with E-state index in [9.17, 15) is 18.3 Å². The number of alkyl halides is 3. The zero-order valence-electron chi connectivity index (χ0n) is 13.7. The summed E-state index contributed by atoms with van der Waals surface area (Å²) >= 11 is 0. The van der Waals surface area contributed by atoms with Crippen molar-refractivity contribution in [3.05, 3.63) is 53.6 Å². The van der Waals surface area contributed by atoms with Crippen molar-refractivity contribution in [3.8, 4) is 16.9 Å². The quantitative estimate of drug-likeness (QED) is 0.774. The molecule has 0 aliphatic rings. The summed E-state index contributed by atoms with van der Waals surface area (Å²) in [7, 11) is 0. The molecular weight excluding hydrogens is 317 g/mol. The van der Waals surface area contributed by atoms with E-state index in [2.05, 4.69) is 0 Å². The molecule has 0 saturated heterocycles. The van der Waals surface area contributed by atoms with Gasteiger partial charge in [-0.1, -0.05) is 43.7 Å². The monoisotopic (exact) mass is 338 g/mol. The Morgan fingerprint density at radius 2 is 1.83 bits per heavy atom. The first kappa shape index (κ1) is 18.3. The highest BCUT2D eigenvalue weighted by atomic mass is 19.4. The van der Waals surface area contributed by atoms with E-state index in [0.29, 0.717) is 13.0 Å². The fraction of sp³-hybridized carbons (Fsp3) is 0.368. The average Bonchev–Trinajstić information content (AvgIpc) is 2.54. The summed E-state index contributed by atoms with van der Waals surface area (Å²) in [5.74, 6) is 0.719. The van der Waals surface area contributed by atoms with E-state index in [1.165, 1.54) is 12.1 Å². The second-order valence-corrected chi connectivity index (χ2v) is 5.57. The molecule has 2 rings (SSSR count). The molecule has 0 spiro atoms. The Balaban J connectivity index is 2.45. The van der Waals surface area contributed by atoms with Gasteiger partial charge < -0.3 is 9.84 Å². The second-order valence-electron chi connectivity index (χ2n) is 5.57. The Morgan fingerprint density at radius 3 is 2.46 bits per heavy atom. The maximum absolute atomic E-state index is 12.7. The van der Waals surface area contributed by atoms with E-state index in [1.807, 2.05) is 38.1 Å². The van der Waals surface area contributed by atoms with Gasteiger partial charge in [-0.2, -0.15) is 13.2 Å². The van der Waals surface area contributed by atoms with Gasteiger partial charge in [0.15, 0.2) is 6.10 Å². The van der Waals surface area contributed by atoms with Crippen molar-refractivity contribution in [2.24, 2.45) is 0 Å². The molecule has 0 aromatic heterocycles. The molecule has 2 nitrogen and oxygen atoms in total. The summed E-state index contributed by atoms with van der Waals surface area (Å²) in [6, 6.07) is 11.9. The first-order valence-corrected chi connectivity index (χ1v) is 7.97. The van der Waals surface area contributed by atoms with E-state index >= 15 is 0 Å². The lowest BCUT2D eigenvalue weighted by atomic mass is 9.93. The summed E-state index contributed by atoms with van der Waals surface area (Å²) in [5.41, 5.74) is 2.40. The molecule has 1 atom stereocenters. The molecule has 130 valence electrons. The molecule has 2 aromatic rings. The topological polar surface area (TPSA) is 29.5 Å². The largest absolute Gasteiger partial charge is 0.494 e. The highest BCUT2D eigenvalue weighted by molar-refractivity contribution is 5.69. The molecule has 0 bridgehead atoms. The van der Waals surface area contributed by atoms with Crippen molar-refractivity contribution >= 4 is 0 Å². The molecule has 0 aliphatic heterocycles. The molecule has 24 heavy (non-hydrogen) atoms. The maximum atomic E-state index is 12.7. The Bertz CT molecular complexity index is 681. The van der Waals surface area contributed by atoms with Crippen LogP contribution in [0.2, 0.25) is 0 Å². The lowest BCUT2D eigenvalue weighted by Crippen LogP contribution is -2.20. The van der Waals surface area contributed by atoms with Gasteiger partial charge in [0.25, 0.3) is 0 Å². The van der Waals surface area contributed by atoms with Crippen molar-refractivity contribution in [3.63, 3.8) is 0 Å². The number of ether oxygens (including phenoxy) is 1. The van der Waals surface area contributed by atoms with E-state index < -0.39 is 12.3 Å². The minimum atomic E-state index is -4.67. The van der Waals surface area contributed by atoms with Gasteiger partial charge in [0, 0.05) is 0 Å². The van der Waals surface area contributed by atoms with Gasteiger partial charge in [-0.15, -0.1) is 0 Å². The minimum Gasteiger partial charge on any atom is -0.494 e. The van der Waals surface area contributed by atoms with Gasteiger partial charge in [-0.3, -0.25) is 0 Å². The van der Waals surface area contributed by atoms with E-state index in [-0.39, 0.29) is 5.56 Å². The molecule has 0 heterocycles. The molecule has 0 radical (unpaired) electrons. The lowest BCUT2D eigenvalue weighted by Gasteiger charge is -2.18. The van der Waals surface area contributed by atoms with Gasteiger partial charge >= 0.3 is 6.18 Å². The SMILES string of the molecule is CCCc1cc(C(O)C(F)(F)F)ccc1-c1cccc(OCC)c1. The summed E-state index contributed by atoms with van der Waals surface area (Å²) in [6.07, 6.45) is -5.70. The molecular formula is C19H21F3O2. The Hall–Kier alpha value is -2.01. The standard InChI is InChI=1S/C19H21F3O2/c1-3-6-13-11-15(18(23)19(20,21)22)9-10-17(13)14-7-5-8-16(12-14)24-4-2/h5,7-12,18,23H,3-4,6H2,1-2H3. The number of hydrogen-bond acceptors (Lipinski definition) is 2. The maximum Gasteiger partial charge on any atom is 0.418 e. The van der Waals surface area contributed by atoms with Crippen LogP contribution in [-0.2, 0) is 6.42 Å². The van der Waals surface area contributed by atoms with Crippen molar-refractivity contribution < 1.29 is 23.0 Å². The van der Waals surface area contributed by atoms with Gasteiger partial charge in [-0.25, -0.2) is 0 Å². The van der Waals surface area contributed by atoms with Crippen LogP contribution < -0.4 is 4.74 Å². The minimum absolute atomic E-state index is 0.129. The summed E-state index contributed by atoms with van der Waals surface area (Å²) in [5, 5.41) is 9.48. The van der Waals surface area contributed by atoms with Crippen LogP contribution in [-0.4, -0.2) is 17.9 Å². The van der Waals surface area contributed by atoms with Crippen LogP contribution in [0.15, 0.2) is 42.5 Å². The summed E-state index contributed by atoms with van der Waals surface area (Å²) in [6.45, 7) is 4.40. The molecule has 0 aliphatic carbocycles. The fourth-order valence-corrected chi connectivity index (χ4v) is 2.65. The molecule has 0 amide bonds. The first-order valence-electron chi connectivity index (χ1n) is 7.97. The average molecular weight is 338 g/mol. The van der Waals surface area contributed by atoms with Crippen LogP contribution in [0, 0.1) is 0 Å². The molecule has 1 N–H and O–H groups in total. The number of aryl methyl sites for hydroxylation is 1. The zero-order valence-corrected chi connectivity index (χ0v) is 13.7. The third kappa shape index (κ3) is 4.29. The van der Waals surface area contributed by atoms with E-state index in [4.69, 9.17) is 4.74 Å². The second kappa shape index (κ2) is 7.71. The fourth-order valence-electron chi connectivity index (χ4n) is 2.65. The molecule has 0 fully saturated rings. The van der Waals surface area contributed by atoms with Gasteiger partial charge in [0.05, 0.1) is 6.61 Å². The van der Waals surface area contributed by atoms with E-state index in [0.717, 1.165) is 28.9 Å². The highest BCUT2D eigenvalue weighted by Crippen LogP contribution is 2.35. The van der Waals surface area contributed by atoms with Crippen LogP contribution >= 0.6 is 0 Å². The van der Waals surface area contributed by atoms with E-state index in [1.54, 1.807) is 6.07 Å². The Labute approximate surface area is 139 Å². The normalized spacial score (nSPS) is 12.9. The third-order valence-electron chi connectivity index (χ3n) is 3.73. The molecule has 0 saturated carbocycles. The van der Waals surface area contributed by atoms with Gasteiger partial charge in [0.1, 0.15) is 5.75 Å². The van der Waals surface area contributed by atoms with Gasteiger partial charge in [-0.05, 0) is 47.7 Å². The smallest absolute Gasteiger partial charge is 0.418 e. The number of aliphatic hydroxyl groups excluding tert-OH is 1. The predicted octanol–water partition coefficient (Wildman–Crippen LogP) is 5.30. The van der Waals surface area contributed by atoms with Crippen molar-refractivity contribution in [1.29, 1.82) is 0 Å². The van der Waals surface area contributed by atoms with Crippen molar-refractivity contribution in [2.75, 3.05) is 6.61 Å². The number of benzene rings is 2. The van der Waals surface area contributed by atoms with Crippen LogP contribution in [0.4, 0.5) is 13.2 Å². The van der Waals surface area contributed by atoms with Crippen molar-refractivity contribution in [1.82, 2.24) is 0 Å². The summed E-state index contributed by atoms with van der Waals surface area (Å²) in [4.78, 5) is 0. The predicted molar refractivity (Wildman–Crippen MR) is 88.1 cm³/mol. The lowest BCUT2D eigenvalue weighted by molar-refractivity contribution is -0.206. The van der Waals surface area contributed by atoms with Crippen molar-refractivity contribution in [2.45, 2.75) is 39.0 Å². The summed E-state index contributed by atoms with van der Waals surface area (Å²) < 4.78 is 43.7. The Morgan fingerprint density at radius 1 is 1.08 bits per heavy atom. The van der Waals surface area contributed by atoms with Crippen LogP contribution in [0.1, 0.15) is 37.5 Å². The molecule has 1 unspecified atom stereocenters. The molecule has 2 aromatic carbocycles. The number of rotatable bonds is 6. The van der Waals surface area contributed by atoms with Crippen LogP contribution in [0.5, 0.6) is 5.75 Å². The number of aliphatic hydroxyl groups is 1. The van der Waals surface area contributed by atoms with Gasteiger partial charge in [0.2, 0.25) is 0 Å². The zero-order chi connectivity index (χ0) is 17.7. The third-order valence-corrected chi connectivity index (χ3v) is 3.73. The van der Waals surface area contributed by atoms with Crippen LogP contribution in [0.3, 0.4) is 0 Å². The van der Waals surface area contributed by atoms with Crippen LogP contribution in [0.25, 0.3) is 11.1 Å². The number of hydrogen-bond donors (Lipinski definition) is 1. The highest BCUT2D eigenvalue weighted by Gasteiger charge is 2.39. The molecule has 5 heteroatoms. The first-order chi connectivity index (χ1) is 11.4. The Kier molecular flexibility index (Phi) is 5.89.